The van der Waals surface area contributed by atoms with Gasteiger partial charge in [0.1, 0.15) is 0 Å². The number of ether oxygens (including phenoxy) is 1. The Morgan fingerprint density at radius 2 is 2.24 bits per heavy atom. The van der Waals surface area contributed by atoms with Gasteiger partial charge in [0, 0.05) is 50.9 Å². The van der Waals surface area contributed by atoms with Crippen LogP contribution in [0.25, 0.3) is 10.2 Å². The van der Waals surface area contributed by atoms with Gasteiger partial charge in [0.25, 0.3) is 0 Å². The highest BCUT2D eigenvalue weighted by Crippen LogP contribution is 2.47. The number of hydrogen-bond donors (Lipinski definition) is 1. The highest BCUT2D eigenvalue weighted by molar-refractivity contribution is 7.18. The molecule has 1 aromatic heterocycles. The average Bonchev–Trinajstić information content (AvgIpc) is 3.34. The van der Waals surface area contributed by atoms with Gasteiger partial charge in [-0.05, 0) is 31.4 Å². The first-order valence-corrected chi connectivity index (χ1v) is 11.3. The normalized spacial score (nSPS) is 24.1. The van der Waals surface area contributed by atoms with Crippen molar-refractivity contribution in [1.29, 1.82) is 0 Å². The van der Waals surface area contributed by atoms with Crippen LogP contribution < -0.4 is 5.32 Å². The highest BCUT2D eigenvalue weighted by atomic mass is 32.1. The van der Waals surface area contributed by atoms with Crippen LogP contribution in [0.5, 0.6) is 0 Å². The molecule has 0 bridgehead atoms. The van der Waals surface area contributed by atoms with Crippen LogP contribution in [0.2, 0.25) is 0 Å². The predicted octanol–water partition coefficient (Wildman–Crippen LogP) is 3.15. The molecule has 1 aliphatic carbocycles. The van der Waals surface area contributed by atoms with Crippen LogP contribution in [0.4, 0.5) is 0 Å². The number of aryl methyl sites for hydroxylation is 1. The quantitative estimate of drug-likeness (QED) is 0.719. The van der Waals surface area contributed by atoms with Gasteiger partial charge >= 0.3 is 0 Å². The van der Waals surface area contributed by atoms with Gasteiger partial charge in [0.05, 0.1) is 21.8 Å². The third kappa shape index (κ3) is 4.31. The molecule has 1 saturated carbocycles. The first-order valence-electron chi connectivity index (χ1n) is 10.5. The summed E-state index contributed by atoms with van der Waals surface area (Å²) in [5.74, 6) is 0.302. The van der Waals surface area contributed by atoms with Gasteiger partial charge in [0.15, 0.2) is 0 Å². The molecule has 7 heteroatoms. The fourth-order valence-electron chi connectivity index (χ4n) is 4.95. The van der Waals surface area contributed by atoms with Crippen molar-refractivity contribution < 1.29 is 14.3 Å². The van der Waals surface area contributed by atoms with E-state index in [1.165, 1.54) is 4.70 Å². The number of hydrogen-bond acceptors (Lipinski definition) is 5. The summed E-state index contributed by atoms with van der Waals surface area (Å²) in [6.07, 6.45) is 5.78. The maximum Gasteiger partial charge on any atom is 0.222 e. The maximum absolute atomic E-state index is 12.5. The summed E-state index contributed by atoms with van der Waals surface area (Å²) in [4.78, 5) is 31.6. The van der Waals surface area contributed by atoms with Crippen LogP contribution in [-0.2, 0) is 20.7 Å². The molecule has 2 heterocycles. The van der Waals surface area contributed by atoms with Crippen molar-refractivity contribution >= 4 is 33.4 Å². The van der Waals surface area contributed by atoms with E-state index in [0.717, 1.165) is 36.2 Å². The third-order valence-electron chi connectivity index (χ3n) is 6.47. The SMILES string of the molecule is COCCN1C(=O)CC[C@]2(CNC(=O)CCc3nc4ccccc4s3)CCC[C@@H]12. The van der Waals surface area contributed by atoms with Crippen molar-refractivity contribution in [2.45, 2.75) is 51.0 Å². The second-order valence-corrected chi connectivity index (χ2v) is 9.32. The van der Waals surface area contributed by atoms with Crippen LogP contribution in [-0.4, -0.2) is 54.5 Å². The van der Waals surface area contributed by atoms with Crippen molar-refractivity contribution in [3.8, 4) is 0 Å². The Morgan fingerprint density at radius 3 is 3.07 bits per heavy atom. The van der Waals surface area contributed by atoms with Gasteiger partial charge in [-0.3, -0.25) is 9.59 Å². The number of para-hydroxylation sites is 1. The molecule has 0 unspecified atom stereocenters. The summed E-state index contributed by atoms with van der Waals surface area (Å²) in [5, 5.41) is 4.19. The Morgan fingerprint density at radius 1 is 1.38 bits per heavy atom. The Labute approximate surface area is 175 Å². The minimum atomic E-state index is 0.0210. The first kappa shape index (κ1) is 20.3. The Kier molecular flexibility index (Phi) is 6.15. The molecule has 0 radical (unpaired) electrons. The van der Waals surface area contributed by atoms with Gasteiger partial charge in [0.2, 0.25) is 11.8 Å². The van der Waals surface area contributed by atoms with Gasteiger partial charge in [-0.1, -0.05) is 18.6 Å². The van der Waals surface area contributed by atoms with E-state index in [2.05, 4.69) is 16.4 Å². The summed E-state index contributed by atoms with van der Waals surface area (Å²) < 4.78 is 6.37. The second-order valence-electron chi connectivity index (χ2n) is 8.20. The number of benzene rings is 1. The number of amides is 2. The summed E-state index contributed by atoms with van der Waals surface area (Å²) in [7, 11) is 1.67. The Balaban J connectivity index is 1.33. The minimum Gasteiger partial charge on any atom is -0.383 e. The monoisotopic (exact) mass is 415 g/mol. The number of nitrogens with zero attached hydrogens (tertiary/aromatic N) is 2. The van der Waals surface area contributed by atoms with Crippen LogP contribution >= 0.6 is 11.3 Å². The van der Waals surface area contributed by atoms with E-state index >= 15 is 0 Å². The molecule has 2 aliphatic rings. The summed E-state index contributed by atoms with van der Waals surface area (Å²) in [6, 6.07) is 8.30. The van der Waals surface area contributed by atoms with Crippen LogP contribution in [0.1, 0.15) is 43.5 Å². The molecule has 1 aromatic carbocycles. The third-order valence-corrected chi connectivity index (χ3v) is 7.57. The molecule has 2 atom stereocenters. The van der Waals surface area contributed by atoms with Crippen molar-refractivity contribution in [2.75, 3.05) is 26.8 Å². The average molecular weight is 416 g/mol. The lowest BCUT2D eigenvalue weighted by molar-refractivity contribution is -0.142. The zero-order valence-corrected chi connectivity index (χ0v) is 17.8. The van der Waals surface area contributed by atoms with E-state index in [0.29, 0.717) is 39.0 Å². The molecule has 4 rings (SSSR count). The number of nitrogens with one attached hydrogen (secondary N) is 1. The largest absolute Gasteiger partial charge is 0.383 e. The van der Waals surface area contributed by atoms with E-state index in [1.54, 1.807) is 18.4 Å². The van der Waals surface area contributed by atoms with Crippen LogP contribution in [0.3, 0.4) is 0 Å². The fraction of sp³-hybridized carbons (Fsp3) is 0.591. The minimum absolute atomic E-state index is 0.0210. The molecule has 29 heavy (non-hydrogen) atoms. The highest BCUT2D eigenvalue weighted by Gasteiger charge is 2.50. The summed E-state index contributed by atoms with van der Waals surface area (Å²) >= 11 is 1.66. The van der Waals surface area contributed by atoms with Gasteiger partial charge in [-0.25, -0.2) is 4.98 Å². The molecular weight excluding hydrogens is 386 g/mol. The van der Waals surface area contributed by atoms with Gasteiger partial charge in [-0.15, -0.1) is 11.3 Å². The molecule has 1 aliphatic heterocycles. The predicted molar refractivity (Wildman–Crippen MR) is 114 cm³/mol. The lowest BCUT2D eigenvalue weighted by Gasteiger charge is -2.46. The molecule has 156 valence electrons. The molecule has 0 spiro atoms. The van der Waals surface area contributed by atoms with E-state index in [4.69, 9.17) is 4.74 Å². The molecule has 6 nitrogen and oxygen atoms in total. The van der Waals surface area contributed by atoms with E-state index in [9.17, 15) is 9.59 Å². The topological polar surface area (TPSA) is 71.5 Å². The van der Waals surface area contributed by atoms with E-state index < -0.39 is 0 Å². The Hall–Kier alpha value is -1.99. The molecule has 1 saturated heterocycles. The van der Waals surface area contributed by atoms with Crippen molar-refractivity contribution in [2.24, 2.45) is 5.41 Å². The Bertz CT molecular complexity index is 850. The van der Waals surface area contributed by atoms with E-state index in [-0.39, 0.29) is 23.3 Å². The number of carbonyl (C=O) groups is 2. The summed E-state index contributed by atoms with van der Waals surface area (Å²) in [6.45, 7) is 1.87. The molecule has 2 aromatic rings. The molecular formula is C22H29N3O3S. The van der Waals surface area contributed by atoms with E-state index in [1.807, 2.05) is 23.1 Å². The zero-order chi connectivity index (χ0) is 20.3. The van der Waals surface area contributed by atoms with Gasteiger partial charge < -0.3 is 15.0 Å². The lowest BCUT2D eigenvalue weighted by atomic mass is 9.74. The standard InChI is InChI=1S/C22H29N3O3S/c1-28-14-13-25-18-7-4-11-22(18,12-10-21(25)27)15-23-19(26)8-9-20-24-16-5-2-3-6-17(16)29-20/h2-3,5-6,18H,4,7-15H2,1H3,(H,23,26)/t18-,22+/m1/s1. The molecule has 2 amide bonds. The van der Waals surface area contributed by atoms with Crippen molar-refractivity contribution in [3.05, 3.63) is 29.3 Å². The maximum atomic E-state index is 12.5. The first-order chi connectivity index (χ1) is 14.1. The van der Waals surface area contributed by atoms with Crippen molar-refractivity contribution in [3.63, 3.8) is 0 Å². The zero-order valence-electron chi connectivity index (χ0n) is 17.0. The number of likely N-dealkylation sites (tertiary alicyclic amines) is 1. The number of aromatic nitrogens is 1. The number of thiazole rings is 1. The van der Waals surface area contributed by atoms with Crippen LogP contribution in [0.15, 0.2) is 24.3 Å². The number of carbonyl (C=O) groups excluding carboxylic acids is 2. The molecule has 1 N–H and O–H groups in total. The number of rotatable bonds is 8. The smallest absolute Gasteiger partial charge is 0.222 e. The second kappa shape index (κ2) is 8.79. The van der Waals surface area contributed by atoms with Crippen molar-refractivity contribution in [1.82, 2.24) is 15.2 Å². The van der Waals surface area contributed by atoms with Gasteiger partial charge in [-0.2, -0.15) is 0 Å². The number of piperidine rings is 1. The molecule has 2 fully saturated rings. The lowest BCUT2D eigenvalue weighted by Crippen LogP contribution is -2.56. The number of fused-ring (bicyclic) bond motifs is 2. The summed E-state index contributed by atoms with van der Waals surface area (Å²) in [5.41, 5.74) is 1.02. The number of methoxy groups -OCH3 is 1. The van der Waals surface area contributed by atoms with Crippen LogP contribution in [0, 0.1) is 5.41 Å². The fourth-order valence-corrected chi connectivity index (χ4v) is 5.91.